The minimum Gasteiger partial charge on any atom is -0.309 e. The third-order valence-electron chi connectivity index (χ3n) is 17.5. The van der Waals surface area contributed by atoms with E-state index < -0.39 is 0 Å². The molecule has 0 amide bonds. The molecule has 0 aliphatic heterocycles. The molecule has 0 unspecified atom stereocenters. The zero-order valence-corrected chi connectivity index (χ0v) is 46.1. The maximum atomic E-state index is 2.67. The summed E-state index contributed by atoms with van der Waals surface area (Å²) in [5.74, 6) is 0. The van der Waals surface area contributed by atoms with Crippen LogP contribution in [0.2, 0.25) is 0 Å². The first kappa shape index (κ1) is 51.2. The van der Waals surface area contributed by atoms with E-state index in [-0.39, 0.29) is 5.41 Å². The van der Waals surface area contributed by atoms with Crippen LogP contribution in [0.5, 0.6) is 0 Å². The van der Waals surface area contributed by atoms with Crippen molar-refractivity contribution in [2.45, 2.75) is 149 Å². The molecule has 11 rings (SSSR count). The largest absolute Gasteiger partial charge is 0.309 e. The van der Waals surface area contributed by atoms with Crippen LogP contribution in [0.15, 0.2) is 188 Å². The van der Waals surface area contributed by atoms with Gasteiger partial charge in [0.25, 0.3) is 0 Å². The van der Waals surface area contributed by atoms with Crippen molar-refractivity contribution in [3.05, 3.63) is 210 Å². The van der Waals surface area contributed by atoms with Crippen LogP contribution < -0.4 is 4.90 Å². The predicted octanol–water partition coefficient (Wildman–Crippen LogP) is 23.0. The minimum absolute atomic E-state index is 0.0171. The number of rotatable bonds is 23. The Labute approximate surface area is 455 Å². The lowest BCUT2D eigenvalue weighted by Crippen LogP contribution is -2.25. The Bertz CT molecular complexity index is 3450. The summed E-state index contributed by atoms with van der Waals surface area (Å²) in [6.45, 7) is 9.09. The molecule has 0 atom stereocenters. The number of unbranched alkanes of at least 4 members (excludes halogenated alkanes) is 14. The molecule has 1 nitrogen and oxygen atoms in total. The van der Waals surface area contributed by atoms with E-state index in [0.717, 1.165) is 5.69 Å². The van der Waals surface area contributed by atoms with Gasteiger partial charge in [-0.15, -0.1) is 0 Å². The Kier molecular flexibility index (Phi) is 15.8. The molecule has 10 aromatic rings. The maximum Gasteiger partial charge on any atom is 0.0540 e. The van der Waals surface area contributed by atoms with E-state index in [9.17, 15) is 0 Å². The van der Waals surface area contributed by atoms with Gasteiger partial charge in [0, 0.05) is 21.9 Å². The molecular weight excluding hydrogens is 915 g/mol. The van der Waals surface area contributed by atoms with Crippen LogP contribution >= 0.6 is 0 Å². The minimum atomic E-state index is 0.0171. The molecule has 0 bridgehead atoms. The highest BCUT2D eigenvalue weighted by Crippen LogP contribution is 2.56. The zero-order chi connectivity index (χ0) is 51.8. The highest BCUT2D eigenvalue weighted by molar-refractivity contribution is 6.21. The van der Waals surface area contributed by atoms with E-state index in [2.05, 4.69) is 221 Å². The van der Waals surface area contributed by atoms with Crippen molar-refractivity contribution in [2.24, 2.45) is 0 Å². The van der Waals surface area contributed by atoms with E-state index in [0.29, 0.717) is 0 Å². The lowest BCUT2D eigenvalue weighted by molar-refractivity contribution is 0.397. The van der Waals surface area contributed by atoms with Gasteiger partial charge >= 0.3 is 0 Å². The van der Waals surface area contributed by atoms with Crippen LogP contribution in [0, 0.1) is 13.8 Å². The van der Waals surface area contributed by atoms with Crippen molar-refractivity contribution in [1.82, 2.24) is 0 Å². The zero-order valence-electron chi connectivity index (χ0n) is 46.1. The van der Waals surface area contributed by atoms with Gasteiger partial charge in [-0.05, 0) is 145 Å². The van der Waals surface area contributed by atoms with Crippen LogP contribution in [-0.2, 0) is 5.41 Å². The Hall–Kier alpha value is -6.96. The van der Waals surface area contributed by atoms with Crippen molar-refractivity contribution in [1.29, 1.82) is 0 Å². The van der Waals surface area contributed by atoms with Gasteiger partial charge in [-0.3, -0.25) is 0 Å². The third-order valence-corrected chi connectivity index (χ3v) is 17.5. The van der Waals surface area contributed by atoms with Crippen molar-refractivity contribution < 1.29 is 0 Å². The molecule has 0 N–H and O–H groups in total. The first-order valence-electron chi connectivity index (χ1n) is 29.6. The summed E-state index contributed by atoms with van der Waals surface area (Å²) in [4.78, 5) is 2.49. The van der Waals surface area contributed by atoms with Gasteiger partial charge in [-0.1, -0.05) is 274 Å². The van der Waals surface area contributed by atoms with Gasteiger partial charge in [0.1, 0.15) is 0 Å². The van der Waals surface area contributed by atoms with Gasteiger partial charge in [0.05, 0.1) is 11.4 Å². The number of nitrogens with zero attached hydrogens (tertiary/aromatic N) is 1. The van der Waals surface area contributed by atoms with Crippen molar-refractivity contribution in [2.75, 3.05) is 4.90 Å². The second kappa shape index (κ2) is 23.5. The molecule has 0 aromatic heterocycles. The van der Waals surface area contributed by atoms with Crippen LogP contribution in [-0.4, -0.2) is 0 Å². The first-order valence-corrected chi connectivity index (χ1v) is 29.6. The fraction of sp³-hybridized carbons (Fsp3) is 0.307. The molecule has 1 aliphatic carbocycles. The smallest absolute Gasteiger partial charge is 0.0540 e. The van der Waals surface area contributed by atoms with E-state index in [1.165, 1.54) is 215 Å². The Balaban J connectivity index is 1.00. The van der Waals surface area contributed by atoms with Gasteiger partial charge in [-0.25, -0.2) is 0 Å². The van der Waals surface area contributed by atoms with Crippen molar-refractivity contribution in [3.63, 3.8) is 0 Å². The van der Waals surface area contributed by atoms with Crippen molar-refractivity contribution in [3.8, 4) is 33.4 Å². The second-order valence-corrected chi connectivity index (χ2v) is 22.5. The first-order chi connectivity index (χ1) is 37.5. The molecule has 384 valence electrons. The van der Waals surface area contributed by atoms with Gasteiger partial charge < -0.3 is 4.90 Å². The van der Waals surface area contributed by atoms with Gasteiger partial charge in [0.2, 0.25) is 0 Å². The molecule has 1 heteroatoms. The molecular formula is C75H79N. The van der Waals surface area contributed by atoms with E-state index in [1.54, 1.807) is 11.1 Å². The van der Waals surface area contributed by atoms with Crippen molar-refractivity contribution >= 4 is 60.2 Å². The van der Waals surface area contributed by atoms with E-state index in [1.807, 2.05) is 0 Å². The Morgan fingerprint density at radius 3 is 1.18 bits per heavy atom. The number of hydrogen-bond donors (Lipinski definition) is 0. The molecule has 0 heterocycles. The lowest BCUT2D eigenvalue weighted by atomic mass is 9.70. The lowest BCUT2D eigenvalue weighted by Gasteiger charge is -2.33. The fourth-order valence-corrected chi connectivity index (χ4v) is 13.6. The molecule has 10 aromatic carbocycles. The average Bonchev–Trinajstić information content (AvgIpc) is 3.88. The molecule has 0 saturated carbocycles. The summed E-state index contributed by atoms with van der Waals surface area (Å²) in [5.41, 5.74) is 17.3. The number of fused-ring (bicyclic) bond motifs is 7. The summed E-state index contributed by atoms with van der Waals surface area (Å²) in [6.07, 6.45) is 24.0. The highest BCUT2D eigenvalue weighted by Gasteiger charge is 2.42. The number of benzene rings is 10. The summed E-state index contributed by atoms with van der Waals surface area (Å²) in [5, 5.41) is 10.3. The SMILES string of the molecule is CCCCCCCCCCC1(CCCCCCCCCC)c2ccccc2-c2ccc(-c3c4ccccc4c(-c4ccc(N(c5ccc(C)c6ccccc56)c5ccc(C)c6ccccc56)cc4)c4ccccc34)cc21. The van der Waals surface area contributed by atoms with Crippen LogP contribution in [0.1, 0.15) is 152 Å². The van der Waals surface area contributed by atoms with E-state index >= 15 is 0 Å². The molecule has 0 fully saturated rings. The quantitative estimate of drug-likeness (QED) is 0.0456. The van der Waals surface area contributed by atoms with E-state index in [4.69, 9.17) is 0 Å². The number of hydrogen-bond acceptors (Lipinski definition) is 1. The molecule has 0 radical (unpaired) electrons. The summed E-state index contributed by atoms with van der Waals surface area (Å²) in [6, 6.07) is 72.1. The number of aryl methyl sites for hydroxylation is 2. The third kappa shape index (κ3) is 9.99. The Morgan fingerprint density at radius 1 is 0.316 bits per heavy atom. The Morgan fingerprint density at radius 2 is 0.697 bits per heavy atom. The van der Waals surface area contributed by atoms with Crippen LogP contribution in [0.3, 0.4) is 0 Å². The second-order valence-electron chi connectivity index (χ2n) is 22.5. The fourth-order valence-electron chi connectivity index (χ4n) is 13.6. The maximum absolute atomic E-state index is 2.67. The van der Waals surface area contributed by atoms with Crippen LogP contribution in [0.4, 0.5) is 17.1 Å². The normalized spacial score (nSPS) is 12.7. The summed E-state index contributed by atoms with van der Waals surface area (Å²) < 4.78 is 0. The van der Waals surface area contributed by atoms with Gasteiger partial charge in [0.15, 0.2) is 0 Å². The molecule has 0 saturated heterocycles. The predicted molar refractivity (Wildman–Crippen MR) is 332 cm³/mol. The molecule has 0 spiro atoms. The number of anilines is 3. The molecule has 76 heavy (non-hydrogen) atoms. The monoisotopic (exact) mass is 994 g/mol. The van der Waals surface area contributed by atoms with Crippen LogP contribution in [0.25, 0.3) is 76.5 Å². The standard InChI is InChI=1S/C75H79N/c1-5-7-9-11-13-15-17-29-51-75(52-30-18-16-14-12-10-8-6-2)69-40-28-27-33-61(69)62-48-45-57(53-70(62)75)74-67-38-25-23-36-65(67)73(66-37-24-26-39-68(66)74)56-43-46-58(47-44-56)76(71-49-41-54(3)59-31-19-21-34-63(59)71)72-50-42-55(4)60-32-20-22-35-64(60)72/h19-28,31-50,53H,5-18,29-30,51-52H2,1-4H3. The summed E-state index contributed by atoms with van der Waals surface area (Å²) in [7, 11) is 0. The summed E-state index contributed by atoms with van der Waals surface area (Å²) >= 11 is 0. The van der Waals surface area contributed by atoms with Gasteiger partial charge in [-0.2, -0.15) is 0 Å². The average molecular weight is 994 g/mol. The molecule has 1 aliphatic rings. The highest BCUT2D eigenvalue weighted by atomic mass is 15.1. The topological polar surface area (TPSA) is 3.24 Å².